The third-order valence-electron chi connectivity index (χ3n) is 3.03. The van der Waals surface area contributed by atoms with Gasteiger partial charge in [-0.05, 0) is 23.8 Å². The van der Waals surface area contributed by atoms with E-state index in [0.717, 1.165) is 5.56 Å². The Balaban J connectivity index is 1.58. The molecule has 24 heavy (non-hydrogen) atoms. The molecule has 8 heteroatoms. The third-order valence-corrected chi connectivity index (χ3v) is 3.03. The molecule has 0 aromatic carbocycles. The fourth-order valence-electron chi connectivity index (χ4n) is 1.90. The van der Waals surface area contributed by atoms with Crippen LogP contribution in [-0.4, -0.2) is 26.0 Å². The maximum absolute atomic E-state index is 11.8. The standard InChI is InChI=1S/C16H13N5O3/c22-13(4-3-11-2-1-6-17-9-11)19-10-15-20-16(21-24-15)12-5-7-18-14(23)8-12/h1-9H,10H2,(H,18,23)(H,19,22). The first-order chi connectivity index (χ1) is 11.7. The van der Waals surface area contributed by atoms with E-state index in [1.165, 1.54) is 18.3 Å². The predicted octanol–water partition coefficient (Wildman–Crippen LogP) is 1.15. The zero-order valence-corrected chi connectivity index (χ0v) is 12.5. The second kappa shape index (κ2) is 7.14. The number of pyridine rings is 2. The van der Waals surface area contributed by atoms with E-state index in [1.807, 2.05) is 6.07 Å². The van der Waals surface area contributed by atoms with Crippen LogP contribution in [-0.2, 0) is 11.3 Å². The van der Waals surface area contributed by atoms with Gasteiger partial charge in [-0.25, -0.2) is 0 Å². The van der Waals surface area contributed by atoms with Crippen molar-refractivity contribution < 1.29 is 9.32 Å². The van der Waals surface area contributed by atoms with Gasteiger partial charge >= 0.3 is 0 Å². The number of carbonyl (C=O) groups excluding carboxylic acids is 1. The molecule has 0 aliphatic heterocycles. The highest BCUT2D eigenvalue weighted by Crippen LogP contribution is 2.12. The van der Waals surface area contributed by atoms with Gasteiger partial charge in [0.05, 0.1) is 6.54 Å². The molecule has 3 heterocycles. The minimum Gasteiger partial charge on any atom is -0.343 e. The van der Waals surface area contributed by atoms with E-state index in [1.54, 1.807) is 30.6 Å². The maximum Gasteiger partial charge on any atom is 0.248 e. The predicted molar refractivity (Wildman–Crippen MR) is 85.5 cm³/mol. The van der Waals surface area contributed by atoms with Gasteiger partial charge in [0, 0.05) is 36.3 Å². The first kappa shape index (κ1) is 15.3. The second-order valence-electron chi connectivity index (χ2n) is 4.79. The second-order valence-corrected chi connectivity index (χ2v) is 4.79. The normalized spacial score (nSPS) is 10.8. The Labute approximate surface area is 136 Å². The Kier molecular flexibility index (Phi) is 4.57. The van der Waals surface area contributed by atoms with Crippen LogP contribution in [0.25, 0.3) is 17.5 Å². The van der Waals surface area contributed by atoms with Crippen molar-refractivity contribution >= 4 is 12.0 Å². The molecule has 0 bridgehead atoms. The average Bonchev–Trinajstić information content (AvgIpc) is 3.08. The number of nitrogens with one attached hydrogen (secondary N) is 2. The van der Waals surface area contributed by atoms with E-state index in [2.05, 4.69) is 25.4 Å². The summed E-state index contributed by atoms with van der Waals surface area (Å²) in [6.07, 6.45) is 7.85. The first-order valence-electron chi connectivity index (χ1n) is 7.08. The number of rotatable bonds is 5. The summed E-state index contributed by atoms with van der Waals surface area (Å²) in [6, 6.07) is 6.64. The van der Waals surface area contributed by atoms with Crippen LogP contribution in [0.15, 0.2) is 58.2 Å². The van der Waals surface area contributed by atoms with Gasteiger partial charge in [-0.3, -0.25) is 14.6 Å². The van der Waals surface area contributed by atoms with Crippen LogP contribution in [0.4, 0.5) is 0 Å². The lowest BCUT2D eigenvalue weighted by Gasteiger charge is -1.96. The fraction of sp³-hybridized carbons (Fsp3) is 0.0625. The summed E-state index contributed by atoms with van der Waals surface area (Å²) >= 11 is 0. The fourth-order valence-corrected chi connectivity index (χ4v) is 1.90. The summed E-state index contributed by atoms with van der Waals surface area (Å²) in [5.74, 6) is 0.236. The SMILES string of the molecule is O=C(C=Cc1cccnc1)NCc1nc(-c2cc[nH]c(=O)c2)no1. The van der Waals surface area contributed by atoms with Gasteiger partial charge in [0.25, 0.3) is 0 Å². The molecule has 0 aliphatic carbocycles. The van der Waals surface area contributed by atoms with Gasteiger partial charge in [0.2, 0.25) is 23.2 Å². The van der Waals surface area contributed by atoms with Gasteiger partial charge < -0.3 is 14.8 Å². The highest BCUT2D eigenvalue weighted by Gasteiger charge is 2.09. The number of H-pyrrole nitrogens is 1. The molecule has 0 radical (unpaired) electrons. The maximum atomic E-state index is 11.8. The van der Waals surface area contributed by atoms with Gasteiger partial charge in [-0.2, -0.15) is 4.98 Å². The lowest BCUT2D eigenvalue weighted by Crippen LogP contribution is -2.20. The van der Waals surface area contributed by atoms with Crippen molar-refractivity contribution in [2.75, 3.05) is 0 Å². The van der Waals surface area contributed by atoms with E-state index < -0.39 is 0 Å². The van der Waals surface area contributed by atoms with Crippen molar-refractivity contribution in [3.63, 3.8) is 0 Å². The molecule has 0 aliphatic rings. The van der Waals surface area contributed by atoms with E-state index >= 15 is 0 Å². The Morgan fingerprint density at radius 2 is 2.29 bits per heavy atom. The summed E-state index contributed by atoms with van der Waals surface area (Å²) in [4.78, 5) is 33.6. The summed E-state index contributed by atoms with van der Waals surface area (Å²) in [5.41, 5.74) is 1.10. The van der Waals surface area contributed by atoms with Crippen LogP contribution in [0.3, 0.4) is 0 Å². The molecular weight excluding hydrogens is 310 g/mol. The highest BCUT2D eigenvalue weighted by molar-refractivity contribution is 5.91. The Morgan fingerprint density at radius 1 is 1.38 bits per heavy atom. The zero-order valence-electron chi connectivity index (χ0n) is 12.5. The molecule has 0 saturated carbocycles. The van der Waals surface area contributed by atoms with E-state index in [4.69, 9.17) is 4.52 Å². The quantitative estimate of drug-likeness (QED) is 0.681. The van der Waals surface area contributed by atoms with Crippen molar-refractivity contribution in [2.24, 2.45) is 0 Å². The van der Waals surface area contributed by atoms with E-state index in [-0.39, 0.29) is 29.7 Å². The number of aromatic amines is 1. The Hall–Kier alpha value is -3.55. The van der Waals surface area contributed by atoms with Crippen LogP contribution in [0.5, 0.6) is 0 Å². The molecule has 8 nitrogen and oxygen atoms in total. The summed E-state index contributed by atoms with van der Waals surface area (Å²) in [6.45, 7) is 0.0897. The van der Waals surface area contributed by atoms with Crippen LogP contribution >= 0.6 is 0 Å². The number of hydrogen-bond acceptors (Lipinski definition) is 6. The molecule has 3 aromatic rings. The van der Waals surface area contributed by atoms with Gasteiger partial charge in [0.15, 0.2) is 0 Å². The van der Waals surface area contributed by atoms with Gasteiger partial charge in [0.1, 0.15) is 0 Å². The van der Waals surface area contributed by atoms with Crippen LogP contribution < -0.4 is 10.9 Å². The number of hydrogen-bond donors (Lipinski definition) is 2. The molecule has 0 atom stereocenters. The molecule has 1 amide bonds. The van der Waals surface area contributed by atoms with Crippen LogP contribution in [0.1, 0.15) is 11.5 Å². The van der Waals surface area contributed by atoms with E-state index in [0.29, 0.717) is 5.56 Å². The Bertz CT molecular complexity index is 914. The molecule has 0 saturated heterocycles. The highest BCUT2D eigenvalue weighted by atomic mass is 16.5. The zero-order chi connectivity index (χ0) is 16.8. The molecule has 3 aromatic heterocycles. The molecule has 0 spiro atoms. The summed E-state index contributed by atoms with van der Waals surface area (Å²) in [5, 5.41) is 6.42. The molecule has 0 fully saturated rings. The molecule has 120 valence electrons. The van der Waals surface area contributed by atoms with Crippen molar-refractivity contribution in [3.05, 3.63) is 70.7 Å². The van der Waals surface area contributed by atoms with E-state index in [9.17, 15) is 9.59 Å². The van der Waals surface area contributed by atoms with Crippen molar-refractivity contribution in [3.8, 4) is 11.4 Å². The van der Waals surface area contributed by atoms with Crippen molar-refractivity contribution in [2.45, 2.75) is 6.54 Å². The van der Waals surface area contributed by atoms with Gasteiger partial charge in [-0.15, -0.1) is 0 Å². The number of aromatic nitrogens is 4. The summed E-state index contributed by atoms with van der Waals surface area (Å²) in [7, 11) is 0. The third kappa shape index (κ3) is 4.01. The van der Waals surface area contributed by atoms with Crippen LogP contribution in [0.2, 0.25) is 0 Å². The molecular formula is C16H13N5O3. The topological polar surface area (TPSA) is 114 Å². The number of nitrogens with zero attached hydrogens (tertiary/aromatic N) is 3. The number of carbonyl (C=O) groups is 1. The minimum atomic E-state index is -0.297. The number of amides is 1. The average molecular weight is 323 g/mol. The lowest BCUT2D eigenvalue weighted by atomic mass is 10.2. The molecule has 2 N–H and O–H groups in total. The first-order valence-corrected chi connectivity index (χ1v) is 7.08. The van der Waals surface area contributed by atoms with Crippen LogP contribution in [0, 0.1) is 0 Å². The Morgan fingerprint density at radius 3 is 3.08 bits per heavy atom. The summed E-state index contributed by atoms with van der Waals surface area (Å²) < 4.78 is 5.05. The van der Waals surface area contributed by atoms with Gasteiger partial charge in [-0.1, -0.05) is 11.2 Å². The monoisotopic (exact) mass is 323 g/mol. The largest absolute Gasteiger partial charge is 0.343 e. The molecule has 0 unspecified atom stereocenters. The smallest absolute Gasteiger partial charge is 0.248 e. The molecule has 3 rings (SSSR count). The van der Waals surface area contributed by atoms with Crippen molar-refractivity contribution in [1.29, 1.82) is 0 Å². The lowest BCUT2D eigenvalue weighted by molar-refractivity contribution is -0.116. The van der Waals surface area contributed by atoms with Crippen molar-refractivity contribution in [1.82, 2.24) is 25.4 Å². The minimum absolute atomic E-state index is 0.0897.